The van der Waals surface area contributed by atoms with Gasteiger partial charge >= 0.3 is 12.0 Å². The molecule has 8 heteroatoms. The Morgan fingerprint density at radius 3 is 2.32 bits per heavy atom. The molecule has 0 aliphatic carbocycles. The van der Waals surface area contributed by atoms with Crippen molar-refractivity contribution in [2.75, 3.05) is 12.4 Å². The molecular weight excluding hydrogens is 416 g/mol. The fourth-order valence-corrected chi connectivity index (χ4v) is 4.78. The number of esters is 1. The van der Waals surface area contributed by atoms with Crippen molar-refractivity contribution in [2.45, 2.75) is 38.6 Å². The molecule has 1 heterocycles. The molecule has 0 radical (unpaired) electrons. The summed E-state index contributed by atoms with van der Waals surface area (Å²) in [6.07, 6.45) is 0. The molecule has 3 rings (SSSR count). The van der Waals surface area contributed by atoms with Crippen molar-refractivity contribution >= 4 is 21.8 Å². The van der Waals surface area contributed by atoms with Gasteiger partial charge in [0.05, 0.1) is 28.9 Å². The van der Waals surface area contributed by atoms with Gasteiger partial charge in [0.1, 0.15) is 0 Å². The highest BCUT2D eigenvalue weighted by molar-refractivity contribution is 7.91. The molecule has 0 unspecified atom stereocenters. The molecule has 2 amide bonds. The van der Waals surface area contributed by atoms with Crippen molar-refractivity contribution in [3.63, 3.8) is 0 Å². The van der Waals surface area contributed by atoms with Crippen LogP contribution in [0.4, 0.5) is 4.79 Å². The van der Waals surface area contributed by atoms with E-state index in [1.165, 1.54) is 6.07 Å². The number of hydrogen-bond donors (Lipinski definition) is 2. The topological polar surface area (TPSA) is 102 Å². The quantitative estimate of drug-likeness (QED) is 0.669. The van der Waals surface area contributed by atoms with Crippen molar-refractivity contribution in [1.29, 1.82) is 0 Å². The normalized spacial score (nSPS) is 16.5. The number of benzene rings is 2. The van der Waals surface area contributed by atoms with E-state index in [1.807, 2.05) is 32.9 Å². The van der Waals surface area contributed by atoms with Crippen LogP contribution < -0.4 is 10.6 Å². The summed E-state index contributed by atoms with van der Waals surface area (Å²) >= 11 is 0. The molecule has 1 atom stereocenters. The number of ether oxygens (including phenoxy) is 1. The minimum absolute atomic E-state index is 0.0194. The van der Waals surface area contributed by atoms with E-state index in [0.29, 0.717) is 5.56 Å². The number of hydrogen-bond acceptors (Lipinski definition) is 5. The summed E-state index contributed by atoms with van der Waals surface area (Å²) in [6, 6.07) is 10.8. The van der Waals surface area contributed by atoms with Gasteiger partial charge in [-0.15, -0.1) is 0 Å². The second-order valence-electron chi connectivity index (χ2n) is 7.56. The summed E-state index contributed by atoms with van der Waals surface area (Å²) in [5, 5.41) is 5.23. The molecule has 0 aromatic heterocycles. The first-order chi connectivity index (χ1) is 14.6. The van der Waals surface area contributed by atoms with Gasteiger partial charge in [-0.25, -0.2) is 18.0 Å². The lowest BCUT2D eigenvalue weighted by Gasteiger charge is -2.29. The average Bonchev–Trinajstić information content (AvgIpc) is 2.70. The van der Waals surface area contributed by atoms with Gasteiger partial charge in [-0.3, -0.25) is 0 Å². The SMILES string of the molecule is CCOC(=O)C1=C(CS(=O)(=O)c2ccc(C)c(C)c2)NC(=O)N[C@H]1c1ccc(C)cc1. The highest BCUT2D eigenvalue weighted by Gasteiger charge is 2.35. The van der Waals surface area contributed by atoms with Crippen LogP contribution in [0.1, 0.15) is 35.2 Å². The third-order valence-electron chi connectivity index (χ3n) is 5.23. The second-order valence-corrected chi connectivity index (χ2v) is 9.55. The molecule has 0 saturated heterocycles. The van der Waals surface area contributed by atoms with Crippen molar-refractivity contribution in [2.24, 2.45) is 0 Å². The molecular formula is C23H26N2O5S. The standard InChI is InChI=1S/C23H26N2O5S/c1-5-30-22(26)20-19(13-31(28,29)18-11-8-15(3)16(4)12-18)24-23(27)25-21(20)17-9-6-14(2)7-10-17/h6-12,21H,5,13H2,1-4H3,(H2,24,25,27)/t21-/m0/s1. The molecule has 0 spiro atoms. The highest BCUT2D eigenvalue weighted by atomic mass is 32.2. The molecule has 1 aliphatic rings. The Labute approximate surface area is 182 Å². The minimum atomic E-state index is -3.82. The van der Waals surface area contributed by atoms with Crippen molar-refractivity contribution < 1.29 is 22.7 Å². The Bertz CT molecular complexity index is 1150. The molecule has 164 valence electrons. The third-order valence-corrected chi connectivity index (χ3v) is 6.87. The van der Waals surface area contributed by atoms with Crippen LogP contribution in [0.5, 0.6) is 0 Å². The maximum Gasteiger partial charge on any atom is 0.338 e. The van der Waals surface area contributed by atoms with E-state index in [-0.39, 0.29) is 22.8 Å². The van der Waals surface area contributed by atoms with Gasteiger partial charge in [-0.2, -0.15) is 0 Å². The fraction of sp³-hybridized carbons (Fsp3) is 0.304. The van der Waals surface area contributed by atoms with Crippen LogP contribution in [-0.4, -0.2) is 32.8 Å². The number of sulfone groups is 1. The van der Waals surface area contributed by atoms with Crippen LogP contribution in [0.15, 0.2) is 58.6 Å². The van der Waals surface area contributed by atoms with Gasteiger partial charge in [0.2, 0.25) is 0 Å². The van der Waals surface area contributed by atoms with Gasteiger partial charge < -0.3 is 15.4 Å². The van der Waals surface area contributed by atoms with Crippen LogP contribution in [0.3, 0.4) is 0 Å². The molecule has 2 aromatic carbocycles. The fourth-order valence-electron chi connectivity index (χ4n) is 3.37. The molecule has 31 heavy (non-hydrogen) atoms. The summed E-state index contributed by atoms with van der Waals surface area (Å²) in [6.45, 7) is 7.44. The Balaban J connectivity index is 2.10. The van der Waals surface area contributed by atoms with E-state index in [1.54, 1.807) is 31.2 Å². The Hall–Kier alpha value is -3.13. The number of urea groups is 1. The number of rotatable bonds is 6. The summed E-state index contributed by atoms with van der Waals surface area (Å²) in [5.74, 6) is -1.20. The average molecular weight is 443 g/mol. The molecule has 0 bridgehead atoms. The summed E-state index contributed by atoms with van der Waals surface area (Å²) in [4.78, 5) is 25.3. The predicted molar refractivity (Wildman–Crippen MR) is 117 cm³/mol. The Morgan fingerprint density at radius 2 is 1.71 bits per heavy atom. The molecule has 0 saturated carbocycles. The molecule has 7 nitrogen and oxygen atoms in total. The molecule has 0 fully saturated rings. The Kier molecular flexibility index (Phi) is 6.50. The van der Waals surface area contributed by atoms with Crippen LogP contribution >= 0.6 is 0 Å². The summed E-state index contributed by atoms with van der Waals surface area (Å²) < 4.78 is 31.4. The zero-order chi connectivity index (χ0) is 22.8. The molecule has 1 aliphatic heterocycles. The zero-order valence-corrected chi connectivity index (χ0v) is 18.8. The van der Waals surface area contributed by atoms with Crippen LogP contribution in [0.2, 0.25) is 0 Å². The van der Waals surface area contributed by atoms with Gasteiger partial charge in [-0.05, 0) is 56.5 Å². The van der Waals surface area contributed by atoms with E-state index < -0.39 is 33.6 Å². The van der Waals surface area contributed by atoms with Crippen molar-refractivity contribution in [3.8, 4) is 0 Å². The first-order valence-corrected chi connectivity index (χ1v) is 11.6. The van der Waals surface area contributed by atoms with E-state index >= 15 is 0 Å². The monoisotopic (exact) mass is 442 g/mol. The maximum atomic E-state index is 13.1. The maximum absolute atomic E-state index is 13.1. The summed E-state index contributed by atoms with van der Waals surface area (Å²) in [7, 11) is -3.82. The van der Waals surface area contributed by atoms with Gasteiger partial charge in [0, 0.05) is 5.70 Å². The minimum Gasteiger partial charge on any atom is -0.463 e. The van der Waals surface area contributed by atoms with E-state index in [0.717, 1.165) is 16.7 Å². The first kappa shape index (κ1) is 22.6. The molecule has 2 aromatic rings. The van der Waals surface area contributed by atoms with Crippen LogP contribution in [0.25, 0.3) is 0 Å². The van der Waals surface area contributed by atoms with E-state index in [4.69, 9.17) is 4.74 Å². The van der Waals surface area contributed by atoms with E-state index in [2.05, 4.69) is 10.6 Å². The number of carbonyl (C=O) groups excluding carboxylic acids is 2. The second kappa shape index (κ2) is 8.93. The lowest BCUT2D eigenvalue weighted by molar-refractivity contribution is -0.139. The van der Waals surface area contributed by atoms with Crippen molar-refractivity contribution in [3.05, 3.63) is 76.0 Å². The smallest absolute Gasteiger partial charge is 0.338 e. The number of amides is 2. The van der Waals surface area contributed by atoms with Gasteiger partial charge in [0.25, 0.3) is 0 Å². The highest BCUT2D eigenvalue weighted by Crippen LogP contribution is 2.29. The van der Waals surface area contributed by atoms with Crippen molar-refractivity contribution in [1.82, 2.24) is 10.6 Å². The van der Waals surface area contributed by atoms with Crippen LogP contribution in [-0.2, 0) is 19.4 Å². The number of nitrogens with one attached hydrogen (secondary N) is 2. The number of aryl methyl sites for hydroxylation is 3. The number of carbonyl (C=O) groups is 2. The first-order valence-electron chi connectivity index (χ1n) is 9.96. The summed E-state index contributed by atoms with van der Waals surface area (Å²) in [5.41, 5.74) is 3.59. The zero-order valence-electron chi connectivity index (χ0n) is 18.0. The van der Waals surface area contributed by atoms with Gasteiger partial charge in [-0.1, -0.05) is 35.9 Å². The Morgan fingerprint density at radius 1 is 1.03 bits per heavy atom. The molecule has 2 N–H and O–H groups in total. The lowest BCUT2D eigenvalue weighted by Crippen LogP contribution is -2.47. The van der Waals surface area contributed by atoms with Gasteiger partial charge in [0.15, 0.2) is 9.84 Å². The van der Waals surface area contributed by atoms with Crippen LogP contribution in [0, 0.1) is 20.8 Å². The largest absolute Gasteiger partial charge is 0.463 e. The third kappa shape index (κ3) is 4.96. The predicted octanol–water partition coefficient (Wildman–Crippen LogP) is 3.26. The lowest BCUT2D eigenvalue weighted by atomic mass is 9.95. The van der Waals surface area contributed by atoms with E-state index in [9.17, 15) is 18.0 Å².